The van der Waals surface area contributed by atoms with Crippen LogP contribution in [0.2, 0.25) is 0 Å². The predicted octanol–water partition coefficient (Wildman–Crippen LogP) is 0.825. The number of aromatic nitrogens is 2. The molecule has 0 saturated carbocycles. The van der Waals surface area contributed by atoms with E-state index in [0.717, 1.165) is 10.8 Å². The zero-order chi connectivity index (χ0) is 12.8. The van der Waals surface area contributed by atoms with Gasteiger partial charge >= 0.3 is 5.69 Å². The molecule has 0 amide bonds. The summed E-state index contributed by atoms with van der Waals surface area (Å²) >= 11 is 0. The molecule has 0 radical (unpaired) electrons. The van der Waals surface area contributed by atoms with Crippen molar-refractivity contribution in [1.82, 2.24) is 9.55 Å². The maximum atomic E-state index is 12.9. The summed E-state index contributed by atoms with van der Waals surface area (Å²) in [6.07, 6.45) is 3.12. The molecule has 1 heterocycles. The third-order valence-corrected chi connectivity index (χ3v) is 2.47. The van der Waals surface area contributed by atoms with Crippen LogP contribution >= 0.6 is 0 Å². The van der Waals surface area contributed by atoms with Crippen molar-refractivity contribution in [1.29, 1.82) is 0 Å². The second-order valence-corrected chi connectivity index (χ2v) is 3.78. The second kappa shape index (κ2) is 6.12. The monoisotopic (exact) mass is 242 g/mol. The van der Waals surface area contributed by atoms with Gasteiger partial charge in [-0.25, -0.2) is 4.79 Å². The summed E-state index contributed by atoms with van der Waals surface area (Å²) in [5.74, 6) is -0.806. The Bertz CT molecular complexity index is 504. The molecular formula is C11H15FN2O3. The van der Waals surface area contributed by atoms with E-state index in [1.807, 2.05) is 4.98 Å². The van der Waals surface area contributed by atoms with Crippen molar-refractivity contribution < 1.29 is 9.18 Å². The average molecular weight is 242 g/mol. The molecule has 5 nitrogen and oxygen atoms in total. The number of aromatic amines is 1. The largest absolute Gasteiger partial charge is 0.328 e. The molecule has 0 aliphatic carbocycles. The quantitative estimate of drug-likeness (QED) is 0.751. The maximum absolute atomic E-state index is 12.9. The zero-order valence-corrected chi connectivity index (χ0v) is 9.66. The standard InChI is InChI=1S/C11H15FN2O3/c1-2-8(15)5-3-4-6-14-7-9(12)10(16)13-11(14)17/h7H,2-6H2,1H3,(H,13,16,17). The topological polar surface area (TPSA) is 71.9 Å². The van der Waals surface area contributed by atoms with Crippen LogP contribution in [-0.2, 0) is 11.3 Å². The van der Waals surface area contributed by atoms with Crippen molar-refractivity contribution >= 4 is 5.78 Å². The average Bonchev–Trinajstić information content (AvgIpc) is 2.30. The first-order valence-electron chi connectivity index (χ1n) is 5.55. The Hall–Kier alpha value is -1.72. The van der Waals surface area contributed by atoms with E-state index in [2.05, 4.69) is 0 Å². The number of ketones is 1. The molecule has 0 spiro atoms. The highest BCUT2D eigenvalue weighted by molar-refractivity contribution is 5.77. The Morgan fingerprint density at radius 1 is 1.41 bits per heavy atom. The highest BCUT2D eigenvalue weighted by atomic mass is 19.1. The van der Waals surface area contributed by atoms with Gasteiger partial charge in [0.25, 0.3) is 5.56 Å². The molecule has 0 fully saturated rings. The summed E-state index contributed by atoms with van der Waals surface area (Å²) in [6, 6.07) is 0. The number of halogens is 1. The molecule has 0 aromatic carbocycles. The number of hydrogen-bond donors (Lipinski definition) is 1. The molecule has 1 aromatic heterocycles. The lowest BCUT2D eigenvalue weighted by molar-refractivity contribution is -0.118. The van der Waals surface area contributed by atoms with Crippen molar-refractivity contribution in [2.45, 2.75) is 39.2 Å². The fourth-order valence-corrected chi connectivity index (χ4v) is 1.43. The first-order chi connectivity index (χ1) is 8.04. The third-order valence-electron chi connectivity index (χ3n) is 2.47. The van der Waals surface area contributed by atoms with Gasteiger partial charge in [0.05, 0.1) is 6.20 Å². The van der Waals surface area contributed by atoms with Gasteiger partial charge in [-0.1, -0.05) is 6.92 Å². The summed E-state index contributed by atoms with van der Waals surface area (Å²) in [6.45, 7) is 2.09. The molecule has 1 aromatic rings. The van der Waals surface area contributed by atoms with Gasteiger partial charge in [-0.05, 0) is 12.8 Å². The molecule has 0 bridgehead atoms. The van der Waals surface area contributed by atoms with Gasteiger partial charge in [0, 0.05) is 19.4 Å². The molecule has 0 aliphatic rings. The zero-order valence-electron chi connectivity index (χ0n) is 9.66. The molecule has 0 saturated heterocycles. The minimum atomic E-state index is -1.01. The normalized spacial score (nSPS) is 10.5. The van der Waals surface area contributed by atoms with Crippen LogP contribution in [0.4, 0.5) is 4.39 Å². The lowest BCUT2D eigenvalue weighted by Crippen LogP contribution is -2.31. The van der Waals surface area contributed by atoms with E-state index < -0.39 is 17.1 Å². The molecule has 0 aliphatic heterocycles. The minimum absolute atomic E-state index is 0.171. The smallest absolute Gasteiger partial charge is 0.300 e. The van der Waals surface area contributed by atoms with E-state index in [9.17, 15) is 18.8 Å². The summed E-state index contributed by atoms with van der Waals surface area (Å²) in [7, 11) is 0. The van der Waals surface area contributed by atoms with Crippen LogP contribution in [0.5, 0.6) is 0 Å². The first-order valence-corrected chi connectivity index (χ1v) is 5.55. The number of aryl methyl sites for hydroxylation is 1. The molecule has 1 rings (SSSR count). The van der Waals surface area contributed by atoms with E-state index >= 15 is 0 Å². The van der Waals surface area contributed by atoms with E-state index in [-0.39, 0.29) is 5.78 Å². The number of nitrogens with one attached hydrogen (secondary N) is 1. The number of hydrogen-bond acceptors (Lipinski definition) is 3. The Morgan fingerprint density at radius 2 is 2.12 bits per heavy atom. The lowest BCUT2D eigenvalue weighted by atomic mass is 10.1. The molecule has 17 heavy (non-hydrogen) atoms. The fraction of sp³-hybridized carbons (Fsp3) is 0.545. The third kappa shape index (κ3) is 3.97. The Kier molecular flexibility index (Phi) is 4.81. The van der Waals surface area contributed by atoms with Crippen LogP contribution in [-0.4, -0.2) is 15.3 Å². The SMILES string of the molecule is CCC(=O)CCCCn1cc(F)c(=O)[nH]c1=O. The van der Waals surface area contributed by atoms with Crippen molar-refractivity contribution in [2.75, 3.05) is 0 Å². The van der Waals surface area contributed by atoms with Crippen molar-refractivity contribution in [3.63, 3.8) is 0 Å². The Morgan fingerprint density at radius 3 is 2.76 bits per heavy atom. The highest BCUT2D eigenvalue weighted by Gasteiger charge is 2.04. The maximum Gasteiger partial charge on any atom is 0.328 e. The number of carbonyl (C=O) groups is 1. The van der Waals surface area contributed by atoms with Gasteiger partial charge < -0.3 is 0 Å². The number of rotatable bonds is 6. The van der Waals surface area contributed by atoms with E-state index in [4.69, 9.17) is 0 Å². The second-order valence-electron chi connectivity index (χ2n) is 3.78. The summed E-state index contributed by atoms with van der Waals surface area (Å²) < 4.78 is 14.0. The van der Waals surface area contributed by atoms with Gasteiger partial charge in [-0.2, -0.15) is 4.39 Å². The van der Waals surface area contributed by atoms with Crippen molar-refractivity contribution in [3.05, 3.63) is 32.9 Å². The highest BCUT2D eigenvalue weighted by Crippen LogP contribution is 2.00. The van der Waals surface area contributed by atoms with Gasteiger partial charge in [0.2, 0.25) is 5.82 Å². The van der Waals surface area contributed by atoms with Crippen LogP contribution in [0.3, 0.4) is 0 Å². The predicted molar refractivity (Wildman–Crippen MR) is 60.4 cm³/mol. The number of nitrogens with zero attached hydrogens (tertiary/aromatic N) is 1. The Labute approximate surface area is 97.3 Å². The van der Waals surface area contributed by atoms with Crippen LogP contribution in [0.25, 0.3) is 0 Å². The molecular weight excluding hydrogens is 227 g/mol. The van der Waals surface area contributed by atoms with Gasteiger partial charge in [0.15, 0.2) is 0 Å². The number of Topliss-reactive ketones (excluding diaryl/α,β-unsaturated/α-hetero) is 1. The van der Waals surface area contributed by atoms with Crippen molar-refractivity contribution in [2.24, 2.45) is 0 Å². The number of unbranched alkanes of at least 4 members (excludes halogenated alkanes) is 1. The van der Waals surface area contributed by atoms with Crippen LogP contribution in [0, 0.1) is 5.82 Å². The summed E-state index contributed by atoms with van der Waals surface area (Å²) in [5, 5.41) is 0. The fourth-order valence-electron chi connectivity index (χ4n) is 1.43. The van der Waals surface area contributed by atoms with E-state index in [0.29, 0.717) is 32.2 Å². The van der Waals surface area contributed by atoms with Gasteiger partial charge in [-0.3, -0.25) is 19.1 Å². The molecule has 0 atom stereocenters. The van der Waals surface area contributed by atoms with Gasteiger partial charge in [-0.15, -0.1) is 0 Å². The minimum Gasteiger partial charge on any atom is -0.300 e. The van der Waals surface area contributed by atoms with E-state index in [1.165, 1.54) is 0 Å². The number of carbonyl (C=O) groups excluding carboxylic acids is 1. The van der Waals surface area contributed by atoms with Crippen molar-refractivity contribution in [3.8, 4) is 0 Å². The van der Waals surface area contributed by atoms with Crippen LogP contribution < -0.4 is 11.2 Å². The summed E-state index contributed by atoms with van der Waals surface area (Å²) in [5.41, 5.74) is -1.63. The molecule has 6 heteroatoms. The summed E-state index contributed by atoms with van der Waals surface area (Å²) in [4.78, 5) is 34.9. The number of H-pyrrole nitrogens is 1. The van der Waals surface area contributed by atoms with Crippen LogP contribution in [0.1, 0.15) is 32.6 Å². The van der Waals surface area contributed by atoms with E-state index in [1.54, 1.807) is 6.92 Å². The first kappa shape index (κ1) is 13.3. The van der Waals surface area contributed by atoms with Crippen LogP contribution in [0.15, 0.2) is 15.8 Å². The Balaban J connectivity index is 2.53. The molecule has 1 N–H and O–H groups in total. The molecule has 0 unspecified atom stereocenters. The molecule has 94 valence electrons. The van der Waals surface area contributed by atoms with Gasteiger partial charge in [0.1, 0.15) is 5.78 Å². The lowest BCUT2D eigenvalue weighted by Gasteiger charge is -2.04.